The molecule has 162 valence electrons. The number of benzene rings is 2. The van der Waals surface area contributed by atoms with Crippen molar-refractivity contribution < 1.29 is 14.3 Å². The molecule has 9 heteroatoms. The second kappa shape index (κ2) is 10.7. The van der Waals surface area contributed by atoms with Gasteiger partial charge in [-0.25, -0.2) is 0 Å². The highest BCUT2D eigenvalue weighted by Crippen LogP contribution is 2.22. The topological polar surface area (TPSA) is 98.1 Å². The minimum atomic E-state index is -0.237. The monoisotopic (exact) mass is 439 g/mol. The second-order valence-corrected chi connectivity index (χ2v) is 8.07. The van der Waals surface area contributed by atoms with Crippen molar-refractivity contribution in [2.24, 2.45) is 0 Å². The van der Waals surface area contributed by atoms with Crippen LogP contribution in [0.5, 0.6) is 0 Å². The van der Waals surface area contributed by atoms with E-state index in [1.165, 1.54) is 24.4 Å². The molecule has 0 fully saturated rings. The summed E-state index contributed by atoms with van der Waals surface area (Å²) in [4.78, 5) is 23.9. The summed E-state index contributed by atoms with van der Waals surface area (Å²) in [6, 6.07) is 15.1. The Kier molecular flexibility index (Phi) is 7.80. The van der Waals surface area contributed by atoms with Crippen LogP contribution in [0.3, 0.4) is 0 Å². The molecular weight excluding hydrogens is 414 g/mol. The highest BCUT2D eigenvalue weighted by molar-refractivity contribution is 7.99. The fraction of sp³-hybridized carbons (Fsp3) is 0.273. The lowest BCUT2D eigenvalue weighted by molar-refractivity contribution is -0.119. The Bertz CT molecular complexity index is 1020. The molecule has 0 bridgehead atoms. The van der Waals surface area contributed by atoms with Crippen molar-refractivity contribution in [2.75, 3.05) is 30.1 Å². The summed E-state index contributed by atoms with van der Waals surface area (Å²) in [5, 5.41) is 14.3. The zero-order chi connectivity index (χ0) is 22.2. The predicted molar refractivity (Wildman–Crippen MR) is 122 cm³/mol. The van der Waals surface area contributed by atoms with Crippen LogP contribution < -0.4 is 10.6 Å². The number of nitrogens with zero attached hydrogens (tertiary/aromatic N) is 3. The standard InChI is InChI=1S/C22H25N5O3S/c1-15(2)16-4-10-19(11-5-16)27-14-23-26-22(27)31-13-21(29)25-18-8-6-17(7-9-18)24-20(28)12-30-3/h4-11,14-15H,12-13H2,1-3H3,(H,24,28)(H,25,29). The lowest BCUT2D eigenvalue weighted by Crippen LogP contribution is -2.17. The van der Waals surface area contributed by atoms with Gasteiger partial charge in [-0.1, -0.05) is 37.7 Å². The summed E-state index contributed by atoms with van der Waals surface area (Å²) in [5.41, 5.74) is 3.48. The molecule has 0 spiro atoms. The molecule has 2 amide bonds. The van der Waals surface area contributed by atoms with Crippen molar-refractivity contribution in [1.82, 2.24) is 14.8 Å². The molecule has 0 aliphatic carbocycles. The maximum absolute atomic E-state index is 12.3. The minimum absolute atomic E-state index is 0.0117. The van der Waals surface area contributed by atoms with Crippen LogP contribution in [0.2, 0.25) is 0 Å². The van der Waals surface area contributed by atoms with Crippen molar-refractivity contribution >= 4 is 35.0 Å². The van der Waals surface area contributed by atoms with Crippen LogP contribution in [0.15, 0.2) is 60.0 Å². The molecule has 8 nitrogen and oxygen atoms in total. The molecule has 2 N–H and O–H groups in total. The Labute approximate surface area is 185 Å². The fourth-order valence-electron chi connectivity index (χ4n) is 2.81. The summed E-state index contributed by atoms with van der Waals surface area (Å²) < 4.78 is 6.64. The molecule has 3 aromatic rings. The van der Waals surface area contributed by atoms with E-state index in [9.17, 15) is 9.59 Å². The molecule has 1 aromatic heterocycles. The van der Waals surface area contributed by atoms with E-state index in [4.69, 9.17) is 4.74 Å². The smallest absolute Gasteiger partial charge is 0.250 e. The molecular formula is C22H25N5O3S. The van der Waals surface area contributed by atoms with E-state index in [1.807, 2.05) is 16.7 Å². The van der Waals surface area contributed by atoms with Crippen molar-refractivity contribution in [3.05, 3.63) is 60.4 Å². The number of carbonyl (C=O) groups is 2. The van der Waals surface area contributed by atoms with Gasteiger partial charge in [-0.15, -0.1) is 10.2 Å². The number of ether oxygens (including phenoxy) is 1. The lowest BCUT2D eigenvalue weighted by atomic mass is 10.0. The van der Waals surface area contributed by atoms with E-state index in [0.717, 1.165) is 5.69 Å². The number of methoxy groups -OCH3 is 1. The van der Waals surface area contributed by atoms with E-state index < -0.39 is 0 Å². The van der Waals surface area contributed by atoms with Gasteiger partial charge in [0.05, 0.1) is 5.75 Å². The van der Waals surface area contributed by atoms with E-state index in [0.29, 0.717) is 22.4 Å². The third-order valence-corrected chi connectivity index (χ3v) is 5.36. The summed E-state index contributed by atoms with van der Waals surface area (Å²) in [5.74, 6) is 0.252. The van der Waals surface area contributed by atoms with Gasteiger partial charge in [0, 0.05) is 24.2 Å². The first kappa shape index (κ1) is 22.5. The molecule has 0 saturated heterocycles. The zero-order valence-corrected chi connectivity index (χ0v) is 18.5. The maximum Gasteiger partial charge on any atom is 0.250 e. The van der Waals surface area contributed by atoms with Gasteiger partial charge in [0.2, 0.25) is 11.8 Å². The zero-order valence-electron chi connectivity index (χ0n) is 17.7. The number of aromatic nitrogens is 3. The molecule has 2 aromatic carbocycles. The van der Waals surface area contributed by atoms with Crippen LogP contribution in [0.1, 0.15) is 25.3 Å². The summed E-state index contributed by atoms with van der Waals surface area (Å²) in [7, 11) is 1.46. The third-order valence-electron chi connectivity index (χ3n) is 4.41. The number of amides is 2. The summed E-state index contributed by atoms with van der Waals surface area (Å²) in [6.07, 6.45) is 1.64. The Morgan fingerprint density at radius 3 is 2.19 bits per heavy atom. The van der Waals surface area contributed by atoms with Gasteiger partial charge in [-0.05, 0) is 47.9 Å². The fourth-order valence-corrected chi connectivity index (χ4v) is 3.54. The molecule has 0 aliphatic rings. The van der Waals surface area contributed by atoms with Gasteiger partial charge in [0.15, 0.2) is 5.16 Å². The maximum atomic E-state index is 12.3. The molecule has 0 atom stereocenters. The largest absolute Gasteiger partial charge is 0.375 e. The van der Waals surface area contributed by atoms with E-state index in [-0.39, 0.29) is 24.2 Å². The Morgan fingerprint density at radius 1 is 1.00 bits per heavy atom. The minimum Gasteiger partial charge on any atom is -0.375 e. The quantitative estimate of drug-likeness (QED) is 0.493. The van der Waals surface area contributed by atoms with Crippen molar-refractivity contribution in [1.29, 1.82) is 0 Å². The number of nitrogens with one attached hydrogen (secondary N) is 2. The van der Waals surface area contributed by atoms with E-state index >= 15 is 0 Å². The van der Waals surface area contributed by atoms with Gasteiger partial charge in [0.25, 0.3) is 0 Å². The number of carbonyl (C=O) groups excluding carboxylic acids is 2. The highest BCUT2D eigenvalue weighted by Gasteiger charge is 2.11. The molecule has 0 saturated carbocycles. The molecule has 0 unspecified atom stereocenters. The first-order valence-electron chi connectivity index (χ1n) is 9.78. The number of hydrogen-bond donors (Lipinski definition) is 2. The van der Waals surface area contributed by atoms with Gasteiger partial charge in [-0.2, -0.15) is 0 Å². The molecule has 3 rings (SSSR count). The van der Waals surface area contributed by atoms with Crippen molar-refractivity contribution in [3.63, 3.8) is 0 Å². The van der Waals surface area contributed by atoms with E-state index in [1.54, 1.807) is 30.6 Å². The van der Waals surface area contributed by atoms with Crippen molar-refractivity contribution in [3.8, 4) is 5.69 Å². The summed E-state index contributed by atoms with van der Waals surface area (Å²) >= 11 is 1.31. The first-order chi connectivity index (χ1) is 15.0. The first-order valence-corrected chi connectivity index (χ1v) is 10.8. The number of thioether (sulfide) groups is 1. The molecule has 31 heavy (non-hydrogen) atoms. The Balaban J connectivity index is 1.55. The van der Waals surface area contributed by atoms with E-state index in [2.05, 4.69) is 46.8 Å². The molecule has 0 radical (unpaired) electrons. The van der Waals surface area contributed by atoms with Crippen LogP contribution in [0, 0.1) is 0 Å². The third kappa shape index (κ3) is 6.40. The van der Waals surface area contributed by atoms with Gasteiger partial charge >= 0.3 is 0 Å². The van der Waals surface area contributed by atoms with Gasteiger partial charge in [-0.3, -0.25) is 14.2 Å². The summed E-state index contributed by atoms with van der Waals surface area (Å²) in [6.45, 7) is 4.29. The molecule has 1 heterocycles. The Morgan fingerprint density at radius 2 is 1.61 bits per heavy atom. The second-order valence-electron chi connectivity index (χ2n) is 7.13. The normalized spacial score (nSPS) is 10.8. The average Bonchev–Trinajstić information content (AvgIpc) is 3.22. The van der Waals surface area contributed by atoms with Crippen LogP contribution in [-0.2, 0) is 14.3 Å². The number of anilines is 2. The average molecular weight is 440 g/mol. The Hall–Kier alpha value is -3.17. The van der Waals surface area contributed by atoms with Gasteiger partial charge < -0.3 is 15.4 Å². The number of hydrogen-bond acceptors (Lipinski definition) is 6. The number of rotatable bonds is 9. The lowest BCUT2D eigenvalue weighted by Gasteiger charge is -2.10. The SMILES string of the molecule is COCC(=O)Nc1ccc(NC(=O)CSc2nncn2-c2ccc(C(C)C)cc2)cc1. The molecule has 0 aliphatic heterocycles. The van der Waals surface area contributed by atoms with Crippen LogP contribution in [0.4, 0.5) is 11.4 Å². The van der Waals surface area contributed by atoms with Crippen LogP contribution in [0.25, 0.3) is 5.69 Å². The van der Waals surface area contributed by atoms with Crippen LogP contribution >= 0.6 is 11.8 Å². The highest BCUT2D eigenvalue weighted by atomic mass is 32.2. The van der Waals surface area contributed by atoms with Gasteiger partial charge in [0.1, 0.15) is 12.9 Å². The predicted octanol–water partition coefficient (Wildman–Crippen LogP) is 3.71. The van der Waals surface area contributed by atoms with Crippen molar-refractivity contribution in [2.45, 2.75) is 24.9 Å². The van der Waals surface area contributed by atoms with Crippen LogP contribution in [-0.4, -0.2) is 46.0 Å².